The van der Waals surface area contributed by atoms with Crippen LogP contribution in [-0.4, -0.2) is 15.6 Å². The largest absolute Gasteiger partial charge is 0.478 e. The molecule has 25 heavy (non-hydrogen) atoms. The fourth-order valence-electron chi connectivity index (χ4n) is 2.54. The molecule has 0 fully saturated rings. The van der Waals surface area contributed by atoms with Crippen LogP contribution in [0.3, 0.4) is 0 Å². The number of carboxylic acids is 1. The van der Waals surface area contributed by atoms with Crippen LogP contribution in [0.15, 0.2) is 65.5 Å². The van der Waals surface area contributed by atoms with Gasteiger partial charge in [-0.1, -0.05) is 35.9 Å². The predicted molar refractivity (Wildman–Crippen MR) is 93.6 cm³/mol. The number of aromatic nitrogens is 1. The van der Waals surface area contributed by atoms with E-state index in [-0.39, 0.29) is 22.7 Å². The lowest BCUT2D eigenvalue weighted by Gasteiger charge is -2.14. The van der Waals surface area contributed by atoms with Crippen LogP contribution in [0.1, 0.15) is 15.9 Å². The van der Waals surface area contributed by atoms with Crippen LogP contribution < -0.4 is 5.56 Å². The molecule has 0 amide bonds. The maximum absolute atomic E-state index is 13.2. The van der Waals surface area contributed by atoms with Crippen molar-refractivity contribution in [1.82, 2.24) is 4.57 Å². The van der Waals surface area contributed by atoms with Gasteiger partial charge in [-0.15, -0.1) is 0 Å². The van der Waals surface area contributed by atoms with E-state index in [4.69, 9.17) is 16.7 Å². The Kier molecular flexibility index (Phi) is 4.67. The minimum Gasteiger partial charge on any atom is -0.478 e. The summed E-state index contributed by atoms with van der Waals surface area (Å²) >= 11 is 6.07. The summed E-state index contributed by atoms with van der Waals surface area (Å²) in [4.78, 5) is 23.3. The lowest BCUT2D eigenvalue weighted by Crippen LogP contribution is -2.21. The molecule has 0 bridgehead atoms. The SMILES string of the molecule is O=C(O)c1ccc(-c2cccc(=O)n2Cc2ccc(F)cc2Cl)cc1. The maximum Gasteiger partial charge on any atom is 0.335 e. The number of hydrogen-bond donors (Lipinski definition) is 1. The van der Waals surface area contributed by atoms with E-state index >= 15 is 0 Å². The van der Waals surface area contributed by atoms with Crippen molar-refractivity contribution in [1.29, 1.82) is 0 Å². The number of hydrogen-bond acceptors (Lipinski definition) is 2. The Morgan fingerprint density at radius 3 is 2.44 bits per heavy atom. The summed E-state index contributed by atoms with van der Waals surface area (Å²) in [6.45, 7) is 0.175. The molecule has 3 rings (SSSR count). The van der Waals surface area contributed by atoms with Gasteiger partial charge in [0.25, 0.3) is 5.56 Å². The molecule has 0 radical (unpaired) electrons. The van der Waals surface area contributed by atoms with Crippen LogP contribution in [0, 0.1) is 5.82 Å². The number of aromatic carboxylic acids is 1. The normalized spacial score (nSPS) is 10.6. The van der Waals surface area contributed by atoms with E-state index in [2.05, 4.69) is 0 Å². The molecular formula is C19H13ClFNO3. The van der Waals surface area contributed by atoms with E-state index in [0.29, 0.717) is 16.8 Å². The molecular weight excluding hydrogens is 345 g/mol. The highest BCUT2D eigenvalue weighted by molar-refractivity contribution is 6.31. The molecule has 0 aliphatic carbocycles. The van der Waals surface area contributed by atoms with Crippen molar-refractivity contribution >= 4 is 17.6 Å². The summed E-state index contributed by atoms with van der Waals surface area (Å²) in [6, 6.07) is 15.1. The van der Waals surface area contributed by atoms with E-state index < -0.39 is 11.8 Å². The highest BCUT2D eigenvalue weighted by Gasteiger charge is 2.10. The molecule has 0 saturated heterocycles. The number of carboxylic acid groups (broad SMARTS) is 1. The molecule has 0 aliphatic heterocycles. The van der Waals surface area contributed by atoms with Gasteiger partial charge in [-0.2, -0.15) is 0 Å². The Hall–Kier alpha value is -2.92. The Balaban J connectivity index is 2.05. The van der Waals surface area contributed by atoms with Crippen LogP contribution in [0.25, 0.3) is 11.3 Å². The third-order valence-electron chi connectivity index (χ3n) is 3.82. The zero-order valence-electron chi connectivity index (χ0n) is 12.9. The smallest absolute Gasteiger partial charge is 0.335 e. The molecule has 2 aromatic carbocycles. The average molecular weight is 358 g/mol. The van der Waals surface area contributed by atoms with Gasteiger partial charge in [0.2, 0.25) is 0 Å². The number of carbonyl (C=O) groups is 1. The van der Waals surface area contributed by atoms with Crippen molar-refractivity contribution in [2.24, 2.45) is 0 Å². The highest BCUT2D eigenvalue weighted by Crippen LogP contribution is 2.22. The monoisotopic (exact) mass is 357 g/mol. The second-order valence-electron chi connectivity index (χ2n) is 5.45. The number of rotatable bonds is 4. The van der Waals surface area contributed by atoms with Gasteiger partial charge in [-0.3, -0.25) is 4.79 Å². The quantitative estimate of drug-likeness (QED) is 0.766. The van der Waals surface area contributed by atoms with Crippen molar-refractivity contribution in [2.75, 3.05) is 0 Å². The van der Waals surface area contributed by atoms with E-state index in [1.807, 2.05) is 0 Å². The van der Waals surface area contributed by atoms with Gasteiger partial charge >= 0.3 is 5.97 Å². The molecule has 4 nitrogen and oxygen atoms in total. The van der Waals surface area contributed by atoms with Crippen LogP contribution in [0.2, 0.25) is 5.02 Å². The minimum absolute atomic E-state index is 0.162. The Labute approximate surface area is 147 Å². The Bertz CT molecular complexity index is 996. The molecule has 0 spiro atoms. The standard InChI is InChI=1S/C19H13ClFNO3/c20-16-10-15(21)9-8-14(16)11-22-17(2-1-3-18(22)23)12-4-6-13(7-5-12)19(24)25/h1-10H,11H2,(H,24,25). The summed E-state index contributed by atoms with van der Waals surface area (Å²) in [5.74, 6) is -1.46. The van der Waals surface area contributed by atoms with Crippen molar-refractivity contribution in [2.45, 2.75) is 6.54 Å². The third-order valence-corrected chi connectivity index (χ3v) is 4.17. The second-order valence-corrected chi connectivity index (χ2v) is 5.86. The van der Waals surface area contributed by atoms with E-state index in [0.717, 1.165) is 0 Å². The summed E-state index contributed by atoms with van der Waals surface area (Å²) < 4.78 is 14.7. The molecule has 126 valence electrons. The first-order valence-electron chi connectivity index (χ1n) is 7.43. The first kappa shape index (κ1) is 16.9. The Morgan fingerprint density at radius 2 is 1.80 bits per heavy atom. The van der Waals surface area contributed by atoms with Gasteiger partial charge in [-0.25, -0.2) is 9.18 Å². The van der Waals surface area contributed by atoms with Crippen molar-refractivity contribution in [3.63, 3.8) is 0 Å². The first-order valence-corrected chi connectivity index (χ1v) is 7.81. The van der Waals surface area contributed by atoms with E-state index in [1.54, 1.807) is 24.3 Å². The summed E-state index contributed by atoms with van der Waals surface area (Å²) in [5.41, 5.74) is 1.85. The predicted octanol–water partition coefficient (Wildman–Crippen LogP) is 4.05. The maximum atomic E-state index is 13.2. The molecule has 3 aromatic rings. The van der Waals surface area contributed by atoms with Gasteiger partial charge in [0.15, 0.2) is 0 Å². The molecule has 0 atom stereocenters. The number of halogens is 2. The highest BCUT2D eigenvalue weighted by atomic mass is 35.5. The molecule has 0 aliphatic rings. The molecule has 0 unspecified atom stereocenters. The summed E-state index contributed by atoms with van der Waals surface area (Å²) in [5, 5.41) is 9.23. The van der Waals surface area contributed by atoms with Crippen LogP contribution in [0.5, 0.6) is 0 Å². The number of nitrogens with zero attached hydrogens (tertiary/aromatic N) is 1. The van der Waals surface area contributed by atoms with Crippen molar-refractivity contribution < 1.29 is 14.3 Å². The number of pyridine rings is 1. The summed E-state index contributed by atoms with van der Waals surface area (Å²) in [6.07, 6.45) is 0. The molecule has 0 saturated carbocycles. The fourth-order valence-corrected chi connectivity index (χ4v) is 2.77. The lowest BCUT2D eigenvalue weighted by molar-refractivity contribution is 0.0697. The average Bonchev–Trinajstić information content (AvgIpc) is 2.59. The van der Waals surface area contributed by atoms with Gasteiger partial charge in [0, 0.05) is 11.1 Å². The second kappa shape index (κ2) is 6.91. The van der Waals surface area contributed by atoms with Crippen LogP contribution in [0.4, 0.5) is 4.39 Å². The minimum atomic E-state index is -1.02. The molecule has 1 aromatic heterocycles. The first-order chi connectivity index (χ1) is 12.0. The van der Waals surface area contributed by atoms with Gasteiger partial charge < -0.3 is 9.67 Å². The van der Waals surface area contributed by atoms with Crippen LogP contribution in [-0.2, 0) is 6.54 Å². The topological polar surface area (TPSA) is 59.3 Å². The van der Waals surface area contributed by atoms with Crippen molar-refractivity contribution in [3.05, 3.63) is 93.0 Å². The van der Waals surface area contributed by atoms with Crippen LogP contribution >= 0.6 is 11.6 Å². The van der Waals surface area contributed by atoms with E-state index in [9.17, 15) is 14.0 Å². The van der Waals surface area contributed by atoms with E-state index in [1.165, 1.54) is 41.0 Å². The molecule has 1 heterocycles. The molecule has 1 N–H and O–H groups in total. The fraction of sp³-hybridized carbons (Fsp3) is 0.0526. The zero-order valence-corrected chi connectivity index (χ0v) is 13.7. The van der Waals surface area contributed by atoms with Gasteiger partial charge in [0.1, 0.15) is 5.82 Å². The summed E-state index contributed by atoms with van der Waals surface area (Å²) in [7, 11) is 0. The molecule has 6 heteroatoms. The number of benzene rings is 2. The van der Waals surface area contributed by atoms with Crippen molar-refractivity contribution in [3.8, 4) is 11.3 Å². The zero-order chi connectivity index (χ0) is 18.0. The van der Waals surface area contributed by atoms with Gasteiger partial charge in [0.05, 0.1) is 17.8 Å². The Morgan fingerprint density at radius 1 is 1.08 bits per heavy atom. The van der Waals surface area contributed by atoms with Gasteiger partial charge in [-0.05, 0) is 41.5 Å². The lowest BCUT2D eigenvalue weighted by atomic mass is 10.1. The third kappa shape index (κ3) is 3.61.